The summed E-state index contributed by atoms with van der Waals surface area (Å²) in [5.41, 5.74) is 7.31. The Kier molecular flexibility index (Phi) is 4.24. The van der Waals surface area contributed by atoms with E-state index in [-0.39, 0.29) is 6.04 Å². The van der Waals surface area contributed by atoms with Crippen molar-refractivity contribution in [3.05, 3.63) is 51.8 Å². The van der Waals surface area contributed by atoms with Gasteiger partial charge in [0, 0.05) is 6.54 Å². The molecule has 5 heteroatoms. The van der Waals surface area contributed by atoms with Crippen LogP contribution >= 0.6 is 11.6 Å². The van der Waals surface area contributed by atoms with Crippen LogP contribution in [0.4, 0.5) is 0 Å². The van der Waals surface area contributed by atoms with Crippen LogP contribution in [0.25, 0.3) is 0 Å². The average molecular weight is 279 g/mol. The number of halogens is 1. The summed E-state index contributed by atoms with van der Waals surface area (Å²) in [6.45, 7) is 6.96. The van der Waals surface area contributed by atoms with Gasteiger partial charge in [-0.15, -0.1) is 0 Å². The largest absolute Gasteiger partial charge is 0.271 e. The van der Waals surface area contributed by atoms with Crippen LogP contribution in [0, 0.1) is 13.8 Å². The van der Waals surface area contributed by atoms with Crippen molar-refractivity contribution in [2.75, 3.05) is 0 Å². The van der Waals surface area contributed by atoms with E-state index in [1.54, 1.807) is 6.20 Å². The van der Waals surface area contributed by atoms with Gasteiger partial charge in [-0.2, -0.15) is 5.10 Å². The second kappa shape index (κ2) is 5.74. The van der Waals surface area contributed by atoms with Crippen molar-refractivity contribution in [3.63, 3.8) is 0 Å². The van der Waals surface area contributed by atoms with Crippen LogP contribution < -0.4 is 11.3 Å². The molecule has 2 rings (SSSR count). The third kappa shape index (κ3) is 2.66. The molecule has 1 heterocycles. The Labute approximate surface area is 118 Å². The van der Waals surface area contributed by atoms with E-state index >= 15 is 0 Å². The Morgan fingerprint density at radius 2 is 2.11 bits per heavy atom. The standard InChI is InChI=1S/C14H19ClN4/c1-4-19-14(12(15)8-17-19)13(18-16)11-6-5-9(2)10(3)7-11/h5-8,13,18H,4,16H2,1-3H3. The number of nitrogens with two attached hydrogens (primary N) is 1. The summed E-state index contributed by atoms with van der Waals surface area (Å²) in [6.07, 6.45) is 1.66. The maximum atomic E-state index is 6.24. The summed E-state index contributed by atoms with van der Waals surface area (Å²) >= 11 is 6.24. The molecule has 0 saturated carbocycles. The van der Waals surface area contributed by atoms with Crippen molar-refractivity contribution in [2.45, 2.75) is 33.4 Å². The van der Waals surface area contributed by atoms with E-state index in [2.05, 4.69) is 42.6 Å². The van der Waals surface area contributed by atoms with E-state index in [9.17, 15) is 0 Å². The van der Waals surface area contributed by atoms with Crippen LogP contribution in [0.1, 0.15) is 35.3 Å². The minimum absolute atomic E-state index is 0.158. The van der Waals surface area contributed by atoms with E-state index < -0.39 is 0 Å². The Morgan fingerprint density at radius 1 is 1.37 bits per heavy atom. The second-order valence-electron chi connectivity index (χ2n) is 4.64. The van der Waals surface area contributed by atoms with Crippen LogP contribution in [0.5, 0.6) is 0 Å². The van der Waals surface area contributed by atoms with Crippen LogP contribution in [-0.2, 0) is 6.54 Å². The van der Waals surface area contributed by atoms with Gasteiger partial charge in [0.25, 0.3) is 0 Å². The highest BCUT2D eigenvalue weighted by Gasteiger charge is 2.20. The van der Waals surface area contributed by atoms with Gasteiger partial charge in [0.05, 0.1) is 23.0 Å². The Bertz CT molecular complexity index is 577. The minimum Gasteiger partial charge on any atom is -0.271 e. The highest BCUT2D eigenvalue weighted by molar-refractivity contribution is 6.31. The molecule has 1 aromatic heterocycles. The van der Waals surface area contributed by atoms with E-state index in [4.69, 9.17) is 17.4 Å². The van der Waals surface area contributed by atoms with Crippen molar-refractivity contribution in [3.8, 4) is 0 Å². The zero-order valence-electron chi connectivity index (χ0n) is 11.4. The van der Waals surface area contributed by atoms with Crippen LogP contribution in [0.15, 0.2) is 24.4 Å². The quantitative estimate of drug-likeness (QED) is 0.668. The van der Waals surface area contributed by atoms with Crippen molar-refractivity contribution in [2.24, 2.45) is 5.84 Å². The molecule has 2 aromatic rings. The molecule has 19 heavy (non-hydrogen) atoms. The van der Waals surface area contributed by atoms with Gasteiger partial charge in [-0.3, -0.25) is 10.5 Å². The molecule has 3 N–H and O–H groups in total. The topological polar surface area (TPSA) is 55.9 Å². The first-order valence-electron chi connectivity index (χ1n) is 6.33. The van der Waals surface area contributed by atoms with E-state index in [0.29, 0.717) is 5.02 Å². The average Bonchev–Trinajstić information content (AvgIpc) is 2.76. The molecule has 1 unspecified atom stereocenters. The second-order valence-corrected chi connectivity index (χ2v) is 5.04. The first-order chi connectivity index (χ1) is 9.08. The molecular formula is C14H19ClN4. The van der Waals surface area contributed by atoms with Crippen molar-refractivity contribution < 1.29 is 0 Å². The van der Waals surface area contributed by atoms with Gasteiger partial charge in [-0.05, 0) is 37.5 Å². The van der Waals surface area contributed by atoms with Gasteiger partial charge in [0.15, 0.2) is 0 Å². The molecule has 1 atom stereocenters. The summed E-state index contributed by atoms with van der Waals surface area (Å²) in [5, 5.41) is 4.89. The van der Waals surface area contributed by atoms with Gasteiger partial charge >= 0.3 is 0 Å². The van der Waals surface area contributed by atoms with Gasteiger partial charge in [0.2, 0.25) is 0 Å². The number of hydrogen-bond donors (Lipinski definition) is 2. The van der Waals surface area contributed by atoms with Gasteiger partial charge in [-0.25, -0.2) is 5.43 Å². The molecule has 0 aliphatic rings. The lowest BCUT2D eigenvalue weighted by atomic mass is 9.99. The molecule has 0 fully saturated rings. The first kappa shape index (κ1) is 14.1. The molecule has 0 aliphatic carbocycles. The number of hydrogen-bond acceptors (Lipinski definition) is 3. The third-order valence-electron chi connectivity index (χ3n) is 3.44. The molecule has 4 nitrogen and oxygen atoms in total. The first-order valence-corrected chi connectivity index (χ1v) is 6.70. The van der Waals surface area contributed by atoms with Crippen LogP contribution in [0.2, 0.25) is 5.02 Å². The SMILES string of the molecule is CCn1ncc(Cl)c1C(NN)c1ccc(C)c(C)c1. The number of benzene rings is 1. The minimum atomic E-state index is -0.158. The lowest BCUT2D eigenvalue weighted by molar-refractivity contribution is 0.543. The summed E-state index contributed by atoms with van der Waals surface area (Å²) in [6, 6.07) is 6.13. The molecule has 0 aliphatic heterocycles. The molecule has 0 spiro atoms. The maximum absolute atomic E-state index is 6.24. The lowest BCUT2D eigenvalue weighted by Crippen LogP contribution is -2.31. The predicted molar refractivity (Wildman–Crippen MR) is 78.0 cm³/mol. The molecule has 0 amide bonds. The fourth-order valence-electron chi connectivity index (χ4n) is 2.19. The van der Waals surface area contributed by atoms with E-state index in [0.717, 1.165) is 17.8 Å². The van der Waals surface area contributed by atoms with E-state index in [1.807, 2.05) is 11.6 Å². The maximum Gasteiger partial charge on any atom is 0.0893 e. The molecular weight excluding hydrogens is 260 g/mol. The number of nitrogens with one attached hydrogen (secondary N) is 1. The summed E-state index contributed by atoms with van der Waals surface area (Å²) < 4.78 is 1.86. The summed E-state index contributed by atoms with van der Waals surface area (Å²) in [5.74, 6) is 5.73. The molecule has 1 aromatic carbocycles. The van der Waals surface area contributed by atoms with Crippen molar-refractivity contribution in [1.29, 1.82) is 0 Å². The zero-order chi connectivity index (χ0) is 14.0. The zero-order valence-corrected chi connectivity index (χ0v) is 12.2. The van der Waals surface area contributed by atoms with Crippen molar-refractivity contribution in [1.82, 2.24) is 15.2 Å². The Hall–Kier alpha value is -1.36. The predicted octanol–water partition coefficient (Wildman–Crippen LogP) is 2.73. The molecule has 0 saturated heterocycles. The normalized spacial score (nSPS) is 12.7. The molecule has 0 bridgehead atoms. The van der Waals surface area contributed by atoms with E-state index in [1.165, 1.54) is 11.1 Å². The van der Waals surface area contributed by atoms with Gasteiger partial charge in [0.1, 0.15) is 0 Å². The smallest absolute Gasteiger partial charge is 0.0893 e. The van der Waals surface area contributed by atoms with Crippen LogP contribution in [-0.4, -0.2) is 9.78 Å². The number of aromatic nitrogens is 2. The van der Waals surface area contributed by atoms with Crippen LogP contribution in [0.3, 0.4) is 0 Å². The lowest BCUT2D eigenvalue weighted by Gasteiger charge is -2.19. The number of aryl methyl sites for hydroxylation is 3. The number of rotatable bonds is 4. The number of nitrogens with zero attached hydrogens (tertiary/aromatic N) is 2. The van der Waals surface area contributed by atoms with Gasteiger partial charge in [-0.1, -0.05) is 29.8 Å². The Morgan fingerprint density at radius 3 is 2.68 bits per heavy atom. The fraction of sp³-hybridized carbons (Fsp3) is 0.357. The highest BCUT2D eigenvalue weighted by Crippen LogP contribution is 2.28. The monoisotopic (exact) mass is 278 g/mol. The summed E-state index contributed by atoms with van der Waals surface area (Å²) in [7, 11) is 0. The highest BCUT2D eigenvalue weighted by atomic mass is 35.5. The summed E-state index contributed by atoms with van der Waals surface area (Å²) in [4.78, 5) is 0. The third-order valence-corrected chi connectivity index (χ3v) is 3.73. The van der Waals surface area contributed by atoms with Crippen molar-refractivity contribution >= 4 is 11.6 Å². The molecule has 102 valence electrons. The number of hydrazine groups is 1. The molecule has 0 radical (unpaired) electrons. The fourth-order valence-corrected chi connectivity index (χ4v) is 2.44. The van der Waals surface area contributed by atoms with Gasteiger partial charge < -0.3 is 0 Å². The Balaban J connectivity index is 2.49.